The third kappa shape index (κ3) is 3.91. The largest absolute Gasteiger partial charge is 0.393 e. The van der Waals surface area contributed by atoms with Gasteiger partial charge in [-0.15, -0.1) is 0 Å². The number of Topliss-reactive ketones (excluding diaryl/α,β-unsaturated/α-hetero) is 1. The van der Waals surface area contributed by atoms with Crippen LogP contribution in [0.5, 0.6) is 0 Å². The highest BCUT2D eigenvalue weighted by atomic mass is 16.5. The average Bonchev–Trinajstić information content (AvgIpc) is 3.14. The molecule has 0 unspecified atom stereocenters. The van der Waals surface area contributed by atoms with Crippen LogP contribution in [-0.2, 0) is 9.53 Å². The lowest BCUT2D eigenvalue weighted by molar-refractivity contribution is -0.232. The molecule has 0 aliphatic heterocycles. The van der Waals surface area contributed by atoms with E-state index in [2.05, 4.69) is 40.7 Å². The number of fused-ring (bicyclic) bond motifs is 5. The van der Waals surface area contributed by atoms with E-state index in [0.29, 0.717) is 30.5 Å². The zero-order valence-corrected chi connectivity index (χ0v) is 23.9. The van der Waals surface area contributed by atoms with Crippen LogP contribution < -0.4 is 0 Å². The van der Waals surface area contributed by atoms with E-state index in [-0.39, 0.29) is 39.1 Å². The smallest absolute Gasteiger partial charge is 0.138 e. The standard InChI is InChI=1S/C31H52O4/c1-26(2,35-9)14-10-15-31(8,34)20-11-17-30(7)25(20)21(32)19-23-28(5)16-13-24(33)27(3,4)22(28)12-18-29(23,30)6/h10,14,20-23,25,32,34H,11-13,15-19H2,1-9H3/b14-10+/t20-,21+,22-,23+,25-,28-,29+,30+,31-/m0/s1. The molecule has 0 radical (unpaired) electrons. The Labute approximate surface area is 214 Å². The molecule has 2 N–H and O–H groups in total. The molecule has 200 valence electrons. The summed E-state index contributed by atoms with van der Waals surface area (Å²) in [7, 11) is 1.71. The Kier molecular flexibility index (Phi) is 6.56. The number of carbonyl (C=O) groups is 1. The lowest BCUT2D eigenvalue weighted by Gasteiger charge is -2.69. The summed E-state index contributed by atoms with van der Waals surface area (Å²) >= 11 is 0. The number of methoxy groups -OCH3 is 1. The van der Waals surface area contributed by atoms with Crippen LogP contribution in [0.3, 0.4) is 0 Å². The van der Waals surface area contributed by atoms with Crippen molar-refractivity contribution in [2.45, 2.75) is 124 Å². The Bertz CT molecular complexity index is 871. The topological polar surface area (TPSA) is 66.8 Å². The summed E-state index contributed by atoms with van der Waals surface area (Å²) in [5.74, 6) is 1.39. The fourth-order valence-corrected chi connectivity index (χ4v) is 10.1. The molecule has 0 bridgehead atoms. The molecule has 4 aliphatic rings. The summed E-state index contributed by atoms with van der Waals surface area (Å²) in [4.78, 5) is 12.9. The summed E-state index contributed by atoms with van der Waals surface area (Å²) in [5, 5.41) is 23.5. The van der Waals surface area contributed by atoms with Crippen LogP contribution in [0, 0.1) is 45.3 Å². The summed E-state index contributed by atoms with van der Waals surface area (Å²) in [6.45, 7) is 17.7. The monoisotopic (exact) mass is 488 g/mol. The molecule has 4 heteroatoms. The van der Waals surface area contributed by atoms with Gasteiger partial charge in [0.05, 0.1) is 17.3 Å². The zero-order chi connectivity index (χ0) is 26.2. The minimum absolute atomic E-state index is 0.0148. The highest BCUT2D eigenvalue weighted by Crippen LogP contribution is 2.75. The maximum atomic E-state index is 12.9. The Balaban J connectivity index is 1.64. The van der Waals surface area contributed by atoms with Crippen LogP contribution in [0.25, 0.3) is 0 Å². The first-order valence-electron chi connectivity index (χ1n) is 14.1. The van der Waals surface area contributed by atoms with Gasteiger partial charge in [-0.2, -0.15) is 0 Å². The highest BCUT2D eigenvalue weighted by molar-refractivity contribution is 5.85. The van der Waals surface area contributed by atoms with E-state index in [1.54, 1.807) is 7.11 Å². The van der Waals surface area contributed by atoms with Crippen LogP contribution in [-0.4, -0.2) is 40.4 Å². The van der Waals surface area contributed by atoms with Gasteiger partial charge in [0, 0.05) is 18.9 Å². The lowest BCUT2D eigenvalue weighted by atomic mass is 9.35. The molecule has 4 rings (SSSR count). The van der Waals surface area contributed by atoms with Crippen molar-refractivity contribution in [3.63, 3.8) is 0 Å². The number of rotatable bonds is 5. The molecule has 0 heterocycles. The van der Waals surface area contributed by atoms with E-state index < -0.39 is 11.7 Å². The summed E-state index contributed by atoms with van der Waals surface area (Å²) in [6.07, 6.45) is 10.9. The van der Waals surface area contributed by atoms with E-state index in [0.717, 1.165) is 38.5 Å². The maximum absolute atomic E-state index is 12.9. The number of ketones is 1. The van der Waals surface area contributed by atoms with Gasteiger partial charge in [0.1, 0.15) is 5.78 Å². The molecular weight excluding hydrogens is 436 g/mol. The van der Waals surface area contributed by atoms with E-state index in [1.165, 1.54) is 0 Å². The van der Waals surface area contributed by atoms with Gasteiger partial charge >= 0.3 is 0 Å². The molecule has 9 atom stereocenters. The first-order chi connectivity index (χ1) is 16.0. The minimum atomic E-state index is -0.868. The molecule has 0 saturated heterocycles. The van der Waals surface area contributed by atoms with Crippen molar-refractivity contribution < 1.29 is 19.7 Å². The van der Waals surface area contributed by atoms with E-state index >= 15 is 0 Å². The van der Waals surface area contributed by atoms with Gasteiger partial charge < -0.3 is 14.9 Å². The number of carbonyl (C=O) groups excluding carboxylic acids is 1. The first kappa shape index (κ1) is 27.3. The van der Waals surface area contributed by atoms with E-state index in [1.807, 2.05) is 26.8 Å². The predicted molar refractivity (Wildman–Crippen MR) is 141 cm³/mol. The third-order valence-electron chi connectivity index (χ3n) is 12.5. The minimum Gasteiger partial charge on any atom is -0.393 e. The van der Waals surface area contributed by atoms with Gasteiger partial charge in [0.25, 0.3) is 0 Å². The summed E-state index contributed by atoms with van der Waals surface area (Å²) < 4.78 is 5.51. The molecule has 0 aromatic rings. The number of aliphatic hydroxyl groups is 2. The molecule has 0 amide bonds. The SMILES string of the molecule is COC(C)(C)/C=C/C[C@](C)(O)[C@H]1CC[C@]2(C)[C@@H]1[C@H](O)C[C@@H]1[C@@]3(C)CCC(=O)C(C)(C)[C@@H]3CC[C@]12C. The molecule has 0 aromatic carbocycles. The van der Waals surface area contributed by atoms with Crippen LogP contribution in [0.15, 0.2) is 12.2 Å². The third-order valence-corrected chi connectivity index (χ3v) is 12.5. The van der Waals surface area contributed by atoms with Crippen molar-refractivity contribution in [1.29, 1.82) is 0 Å². The van der Waals surface area contributed by atoms with Crippen molar-refractivity contribution in [3.8, 4) is 0 Å². The first-order valence-corrected chi connectivity index (χ1v) is 14.1. The normalized spacial score (nSPS) is 47.2. The fraction of sp³-hybridized carbons (Fsp3) is 0.903. The lowest BCUT2D eigenvalue weighted by Crippen LogP contribution is -2.66. The summed E-state index contributed by atoms with van der Waals surface area (Å²) in [5.41, 5.74) is -1.33. The average molecular weight is 489 g/mol. The van der Waals surface area contributed by atoms with Gasteiger partial charge in [-0.3, -0.25) is 4.79 Å². The molecular formula is C31H52O4. The molecule has 0 spiro atoms. The zero-order valence-electron chi connectivity index (χ0n) is 23.9. The van der Waals surface area contributed by atoms with Crippen molar-refractivity contribution >= 4 is 5.78 Å². The number of aliphatic hydroxyl groups excluding tert-OH is 1. The molecule has 4 saturated carbocycles. The van der Waals surface area contributed by atoms with Gasteiger partial charge in [-0.25, -0.2) is 0 Å². The molecule has 4 nitrogen and oxygen atoms in total. The quantitative estimate of drug-likeness (QED) is 0.444. The van der Waals surface area contributed by atoms with Gasteiger partial charge in [0.15, 0.2) is 0 Å². The maximum Gasteiger partial charge on any atom is 0.138 e. The van der Waals surface area contributed by atoms with Crippen LogP contribution >= 0.6 is 0 Å². The van der Waals surface area contributed by atoms with Crippen molar-refractivity contribution in [2.24, 2.45) is 45.3 Å². The van der Waals surface area contributed by atoms with Gasteiger partial charge in [0.2, 0.25) is 0 Å². The number of ether oxygens (including phenoxy) is 1. The van der Waals surface area contributed by atoms with E-state index in [4.69, 9.17) is 4.74 Å². The fourth-order valence-electron chi connectivity index (χ4n) is 10.1. The summed E-state index contributed by atoms with van der Waals surface area (Å²) in [6, 6.07) is 0. The Hall–Kier alpha value is -0.710. The number of hydrogen-bond acceptors (Lipinski definition) is 4. The Morgan fingerprint density at radius 2 is 1.63 bits per heavy atom. The number of hydrogen-bond donors (Lipinski definition) is 2. The molecule has 35 heavy (non-hydrogen) atoms. The van der Waals surface area contributed by atoms with Crippen molar-refractivity contribution in [3.05, 3.63) is 12.2 Å². The second-order valence-corrected chi connectivity index (χ2v) is 14.9. The van der Waals surface area contributed by atoms with Gasteiger partial charge in [-0.1, -0.05) is 46.8 Å². The second-order valence-electron chi connectivity index (χ2n) is 14.9. The van der Waals surface area contributed by atoms with Crippen LogP contribution in [0.2, 0.25) is 0 Å². The predicted octanol–water partition coefficient (Wildman–Crippen LogP) is 6.33. The highest BCUT2D eigenvalue weighted by Gasteiger charge is 2.71. The second kappa shape index (κ2) is 8.40. The molecule has 4 aliphatic carbocycles. The van der Waals surface area contributed by atoms with Crippen LogP contribution in [0.4, 0.5) is 0 Å². The van der Waals surface area contributed by atoms with E-state index in [9.17, 15) is 15.0 Å². The van der Waals surface area contributed by atoms with Gasteiger partial charge in [-0.05, 0) is 106 Å². The molecule has 0 aromatic heterocycles. The van der Waals surface area contributed by atoms with Crippen molar-refractivity contribution in [2.75, 3.05) is 7.11 Å². The molecule has 4 fully saturated rings. The Morgan fingerprint density at radius 3 is 2.26 bits per heavy atom. The van der Waals surface area contributed by atoms with Crippen LogP contribution in [0.1, 0.15) is 107 Å². The van der Waals surface area contributed by atoms with Crippen molar-refractivity contribution in [1.82, 2.24) is 0 Å². The Morgan fingerprint density at radius 1 is 1.00 bits per heavy atom.